The molecule has 0 saturated carbocycles. The minimum atomic E-state index is -0.531. The van der Waals surface area contributed by atoms with Gasteiger partial charge in [-0.2, -0.15) is 0 Å². The molecule has 5 heteroatoms. The molecule has 0 radical (unpaired) electrons. The summed E-state index contributed by atoms with van der Waals surface area (Å²) < 4.78 is 10.3. The Bertz CT molecular complexity index is 653. The van der Waals surface area contributed by atoms with Gasteiger partial charge in [-0.3, -0.25) is 4.79 Å². The second-order valence-corrected chi connectivity index (χ2v) is 5.12. The first-order valence-corrected chi connectivity index (χ1v) is 7.89. The molecular formula is C19H21NO4. The van der Waals surface area contributed by atoms with E-state index in [9.17, 15) is 9.59 Å². The molecule has 0 aliphatic heterocycles. The molecule has 5 nitrogen and oxygen atoms in total. The number of ether oxygens (including phenoxy) is 2. The zero-order valence-corrected chi connectivity index (χ0v) is 13.7. The molecule has 1 N–H and O–H groups in total. The van der Waals surface area contributed by atoms with Crippen molar-refractivity contribution in [2.75, 3.05) is 19.8 Å². The number of hydrogen-bond donors (Lipinski definition) is 1. The summed E-state index contributed by atoms with van der Waals surface area (Å²) in [6, 6.07) is 16.5. The summed E-state index contributed by atoms with van der Waals surface area (Å²) in [7, 11) is 0. The number of hydrogen-bond acceptors (Lipinski definition) is 4. The van der Waals surface area contributed by atoms with Crippen molar-refractivity contribution < 1.29 is 19.1 Å². The Balaban J connectivity index is 1.69. The molecule has 0 fully saturated rings. The van der Waals surface area contributed by atoms with Gasteiger partial charge in [0.05, 0.1) is 12.2 Å². The van der Waals surface area contributed by atoms with Gasteiger partial charge in [0, 0.05) is 6.54 Å². The van der Waals surface area contributed by atoms with Crippen LogP contribution in [0.25, 0.3) is 0 Å². The SMILES string of the molecule is CCOc1ccc(C(=O)OCC(=O)NCCc2ccccc2)cc1. The smallest absolute Gasteiger partial charge is 0.338 e. The van der Waals surface area contributed by atoms with Crippen molar-refractivity contribution in [2.24, 2.45) is 0 Å². The maximum absolute atomic E-state index is 11.9. The summed E-state index contributed by atoms with van der Waals surface area (Å²) in [5.41, 5.74) is 1.53. The first kappa shape index (κ1) is 17.5. The molecule has 0 unspecified atom stereocenters. The van der Waals surface area contributed by atoms with Crippen molar-refractivity contribution in [3.8, 4) is 5.75 Å². The normalized spacial score (nSPS) is 10.0. The topological polar surface area (TPSA) is 64.6 Å². The van der Waals surface area contributed by atoms with E-state index in [4.69, 9.17) is 9.47 Å². The molecule has 2 rings (SSSR count). The molecule has 0 bridgehead atoms. The summed E-state index contributed by atoms with van der Waals surface area (Å²) in [6.07, 6.45) is 0.736. The van der Waals surface area contributed by atoms with E-state index in [1.165, 1.54) is 0 Å². The molecule has 0 aliphatic rings. The number of carbonyl (C=O) groups excluding carboxylic acids is 2. The van der Waals surface area contributed by atoms with Gasteiger partial charge in [-0.15, -0.1) is 0 Å². The maximum Gasteiger partial charge on any atom is 0.338 e. The number of carbonyl (C=O) groups is 2. The number of amides is 1. The first-order valence-electron chi connectivity index (χ1n) is 7.89. The molecule has 0 aromatic heterocycles. The summed E-state index contributed by atoms with van der Waals surface area (Å²) in [6.45, 7) is 2.66. The molecule has 0 spiro atoms. The predicted molar refractivity (Wildman–Crippen MR) is 91.0 cm³/mol. The van der Waals surface area contributed by atoms with Crippen LogP contribution in [0.1, 0.15) is 22.8 Å². The molecular weight excluding hydrogens is 306 g/mol. The Kier molecular flexibility index (Phi) is 6.83. The molecule has 2 aromatic rings. The van der Waals surface area contributed by atoms with E-state index in [2.05, 4.69) is 5.32 Å². The van der Waals surface area contributed by atoms with Crippen molar-refractivity contribution in [3.05, 3.63) is 65.7 Å². The quantitative estimate of drug-likeness (QED) is 0.757. The van der Waals surface area contributed by atoms with Gasteiger partial charge in [-0.05, 0) is 43.2 Å². The lowest BCUT2D eigenvalue weighted by Gasteiger charge is -2.07. The Morgan fingerprint density at radius 1 is 1.00 bits per heavy atom. The Morgan fingerprint density at radius 3 is 2.38 bits per heavy atom. The van der Waals surface area contributed by atoms with E-state index < -0.39 is 5.97 Å². The van der Waals surface area contributed by atoms with Crippen molar-refractivity contribution in [1.82, 2.24) is 5.32 Å². The maximum atomic E-state index is 11.9. The zero-order chi connectivity index (χ0) is 17.2. The van der Waals surface area contributed by atoms with Crippen molar-refractivity contribution in [1.29, 1.82) is 0 Å². The van der Waals surface area contributed by atoms with Crippen LogP contribution in [0.2, 0.25) is 0 Å². The number of nitrogens with one attached hydrogen (secondary N) is 1. The van der Waals surface area contributed by atoms with Gasteiger partial charge in [-0.25, -0.2) is 4.79 Å². The highest BCUT2D eigenvalue weighted by Crippen LogP contribution is 2.12. The highest BCUT2D eigenvalue weighted by molar-refractivity contribution is 5.91. The molecule has 2 aromatic carbocycles. The van der Waals surface area contributed by atoms with Crippen LogP contribution < -0.4 is 10.1 Å². The monoisotopic (exact) mass is 327 g/mol. The molecule has 0 saturated heterocycles. The van der Waals surface area contributed by atoms with Crippen molar-refractivity contribution in [3.63, 3.8) is 0 Å². The molecule has 126 valence electrons. The van der Waals surface area contributed by atoms with Gasteiger partial charge in [-0.1, -0.05) is 30.3 Å². The third kappa shape index (κ3) is 5.76. The third-order valence-corrected chi connectivity index (χ3v) is 3.31. The van der Waals surface area contributed by atoms with Crippen molar-refractivity contribution >= 4 is 11.9 Å². The average Bonchev–Trinajstić information content (AvgIpc) is 2.61. The van der Waals surface area contributed by atoms with Gasteiger partial charge in [0.25, 0.3) is 5.91 Å². The second kappa shape index (κ2) is 9.35. The second-order valence-electron chi connectivity index (χ2n) is 5.12. The van der Waals surface area contributed by atoms with E-state index >= 15 is 0 Å². The van der Waals surface area contributed by atoms with Crippen LogP contribution in [-0.2, 0) is 16.0 Å². The Labute approximate surface area is 141 Å². The fourth-order valence-corrected chi connectivity index (χ4v) is 2.11. The van der Waals surface area contributed by atoms with Crippen LogP contribution in [0.15, 0.2) is 54.6 Å². The summed E-state index contributed by atoms with van der Waals surface area (Å²) >= 11 is 0. The fraction of sp³-hybridized carbons (Fsp3) is 0.263. The summed E-state index contributed by atoms with van der Waals surface area (Å²) in [5.74, 6) is -0.158. The number of esters is 1. The highest BCUT2D eigenvalue weighted by Gasteiger charge is 2.10. The van der Waals surface area contributed by atoms with Crippen LogP contribution in [0.3, 0.4) is 0 Å². The lowest BCUT2D eigenvalue weighted by Crippen LogP contribution is -2.30. The standard InChI is InChI=1S/C19H21NO4/c1-2-23-17-10-8-16(9-11-17)19(22)24-14-18(21)20-13-12-15-6-4-3-5-7-15/h3-11H,2,12-14H2,1H3,(H,20,21). The van der Waals surface area contributed by atoms with Gasteiger partial charge in [0.2, 0.25) is 0 Å². The lowest BCUT2D eigenvalue weighted by molar-refractivity contribution is -0.124. The number of benzene rings is 2. The van der Waals surface area contributed by atoms with Crippen molar-refractivity contribution in [2.45, 2.75) is 13.3 Å². The largest absolute Gasteiger partial charge is 0.494 e. The van der Waals surface area contributed by atoms with Crippen LogP contribution >= 0.6 is 0 Å². The molecule has 1 amide bonds. The van der Waals surface area contributed by atoms with Gasteiger partial charge >= 0.3 is 5.97 Å². The lowest BCUT2D eigenvalue weighted by atomic mass is 10.1. The summed E-state index contributed by atoms with van der Waals surface area (Å²) in [5, 5.41) is 2.73. The summed E-state index contributed by atoms with van der Waals surface area (Å²) in [4.78, 5) is 23.6. The molecule has 0 heterocycles. The average molecular weight is 327 g/mol. The van der Waals surface area contributed by atoms with Gasteiger partial charge in [0.1, 0.15) is 5.75 Å². The van der Waals surface area contributed by atoms with Gasteiger partial charge < -0.3 is 14.8 Å². The Hall–Kier alpha value is -2.82. The van der Waals surface area contributed by atoms with E-state index in [1.54, 1.807) is 24.3 Å². The Morgan fingerprint density at radius 2 is 1.71 bits per heavy atom. The zero-order valence-electron chi connectivity index (χ0n) is 13.7. The van der Waals surface area contributed by atoms with E-state index in [-0.39, 0.29) is 12.5 Å². The number of rotatable bonds is 8. The first-order chi connectivity index (χ1) is 11.7. The third-order valence-electron chi connectivity index (χ3n) is 3.31. The van der Waals surface area contributed by atoms with Crippen LogP contribution in [-0.4, -0.2) is 31.6 Å². The van der Waals surface area contributed by atoms with E-state index in [0.717, 1.165) is 12.0 Å². The fourth-order valence-electron chi connectivity index (χ4n) is 2.11. The van der Waals surface area contributed by atoms with Crippen LogP contribution in [0, 0.1) is 0 Å². The minimum Gasteiger partial charge on any atom is -0.494 e. The van der Waals surface area contributed by atoms with E-state index in [0.29, 0.717) is 24.5 Å². The molecule has 24 heavy (non-hydrogen) atoms. The predicted octanol–water partition coefficient (Wildman–Crippen LogP) is 2.60. The van der Waals surface area contributed by atoms with Crippen LogP contribution in [0.5, 0.6) is 5.75 Å². The molecule has 0 aliphatic carbocycles. The van der Waals surface area contributed by atoms with Gasteiger partial charge in [0.15, 0.2) is 6.61 Å². The highest BCUT2D eigenvalue weighted by atomic mass is 16.5. The minimum absolute atomic E-state index is 0.291. The van der Waals surface area contributed by atoms with E-state index in [1.807, 2.05) is 37.3 Å². The molecule has 0 atom stereocenters. The van der Waals surface area contributed by atoms with Crippen LogP contribution in [0.4, 0.5) is 0 Å².